The van der Waals surface area contributed by atoms with Crippen LogP contribution < -0.4 is 9.46 Å². The van der Waals surface area contributed by atoms with Gasteiger partial charge < -0.3 is 14.9 Å². The monoisotopic (exact) mass is 358 g/mol. The Balaban J connectivity index is 2.76. The number of carboxylic acid groups (broad SMARTS) is 1. The number of aromatic nitrogens is 1. The molecule has 8 nitrogen and oxygen atoms in total. The highest BCUT2D eigenvalue weighted by molar-refractivity contribution is 7.89. The van der Waals surface area contributed by atoms with E-state index in [0.29, 0.717) is 0 Å². The number of sulfonamides is 1. The number of carboxylic acids is 1. The van der Waals surface area contributed by atoms with Crippen LogP contribution in [0.2, 0.25) is 0 Å². The molecule has 0 aliphatic rings. The summed E-state index contributed by atoms with van der Waals surface area (Å²) in [5.41, 5.74) is -2.32. The van der Waals surface area contributed by atoms with Crippen LogP contribution in [0.1, 0.15) is 6.92 Å². The van der Waals surface area contributed by atoms with E-state index in [1.54, 1.807) is 0 Å². The summed E-state index contributed by atoms with van der Waals surface area (Å²) in [4.78, 5) is 13.6. The molecule has 0 aromatic carbocycles. The van der Waals surface area contributed by atoms with E-state index in [2.05, 4.69) is 9.72 Å². The molecule has 0 amide bonds. The van der Waals surface area contributed by atoms with Gasteiger partial charge in [-0.25, -0.2) is 22.9 Å². The average Bonchev–Trinajstić information content (AvgIpc) is 2.43. The first-order chi connectivity index (χ1) is 10.3. The molecule has 23 heavy (non-hydrogen) atoms. The van der Waals surface area contributed by atoms with E-state index in [1.807, 2.05) is 4.72 Å². The van der Waals surface area contributed by atoms with Crippen molar-refractivity contribution in [1.29, 1.82) is 0 Å². The molecular weight excluding hydrogens is 345 g/mol. The fraction of sp³-hybridized carbons (Fsp3) is 0.455. The maximum atomic E-state index is 12.0. The second-order valence-corrected chi connectivity index (χ2v) is 6.41. The van der Waals surface area contributed by atoms with Crippen molar-refractivity contribution in [1.82, 2.24) is 9.71 Å². The number of aliphatic carboxylic acids is 1. The molecule has 0 saturated heterocycles. The first kappa shape index (κ1) is 19.1. The van der Waals surface area contributed by atoms with Crippen molar-refractivity contribution in [2.75, 3.05) is 13.2 Å². The number of nitrogens with one attached hydrogen (secondary N) is 1. The quantitative estimate of drug-likeness (QED) is 0.633. The van der Waals surface area contributed by atoms with E-state index in [0.717, 1.165) is 25.3 Å². The molecule has 0 saturated carbocycles. The van der Waals surface area contributed by atoms with Crippen LogP contribution >= 0.6 is 0 Å². The van der Waals surface area contributed by atoms with E-state index < -0.39 is 51.7 Å². The number of aliphatic hydroxyl groups is 1. The predicted molar refractivity (Wildman–Crippen MR) is 69.2 cm³/mol. The molecule has 3 N–H and O–H groups in total. The van der Waals surface area contributed by atoms with Crippen molar-refractivity contribution >= 4 is 16.0 Å². The van der Waals surface area contributed by atoms with Crippen LogP contribution in [-0.4, -0.2) is 54.5 Å². The molecule has 0 bridgehead atoms. The third kappa shape index (κ3) is 6.00. The highest BCUT2D eigenvalue weighted by Gasteiger charge is 2.32. The molecule has 0 fully saturated rings. The van der Waals surface area contributed by atoms with Gasteiger partial charge in [0.2, 0.25) is 15.9 Å². The highest BCUT2D eigenvalue weighted by Crippen LogP contribution is 2.18. The van der Waals surface area contributed by atoms with E-state index in [-0.39, 0.29) is 0 Å². The average molecular weight is 358 g/mol. The molecule has 1 rings (SSSR count). The van der Waals surface area contributed by atoms with Crippen LogP contribution in [0.5, 0.6) is 5.88 Å². The van der Waals surface area contributed by atoms with Gasteiger partial charge in [-0.15, -0.1) is 0 Å². The smallest absolute Gasteiger partial charge is 0.422 e. The number of ether oxygens (including phenoxy) is 1. The zero-order chi connectivity index (χ0) is 17.9. The summed E-state index contributed by atoms with van der Waals surface area (Å²) in [7, 11) is -4.20. The minimum atomic E-state index is -4.56. The Kier molecular flexibility index (Phi) is 5.56. The van der Waals surface area contributed by atoms with Gasteiger partial charge in [0.05, 0.1) is 12.7 Å². The van der Waals surface area contributed by atoms with Gasteiger partial charge in [0, 0.05) is 6.07 Å². The lowest BCUT2D eigenvalue weighted by Crippen LogP contribution is -2.46. The number of halogens is 3. The second kappa shape index (κ2) is 6.68. The van der Waals surface area contributed by atoms with Crippen molar-refractivity contribution in [2.24, 2.45) is 0 Å². The van der Waals surface area contributed by atoms with Crippen molar-refractivity contribution < 1.29 is 41.3 Å². The Morgan fingerprint density at radius 3 is 2.43 bits per heavy atom. The zero-order valence-electron chi connectivity index (χ0n) is 11.7. The molecule has 0 radical (unpaired) electrons. The fourth-order valence-electron chi connectivity index (χ4n) is 1.16. The van der Waals surface area contributed by atoms with Crippen LogP contribution in [-0.2, 0) is 14.8 Å². The van der Waals surface area contributed by atoms with Crippen LogP contribution in [0.25, 0.3) is 0 Å². The fourth-order valence-corrected chi connectivity index (χ4v) is 2.24. The van der Waals surface area contributed by atoms with E-state index >= 15 is 0 Å². The highest BCUT2D eigenvalue weighted by atomic mass is 32.2. The molecule has 0 spiro atoms. The second-order valence-electron chi connectivity index (χ2n) is 4.64. The summed E-state index contributed by atoms with van der Waals surface area (Å²) in [6, 6.07) is 1.84. The third-order valence-electron chi connectivity index (χ3n) is 2.47. The molecule has 0 aliphatic carbocycles. The van der Waals surface area contributed by atoms with Gasteiger partial charge in [0.1, 0.15) is 4.90 Å². The van der Waals surface area contributed by atoms with Crippen molar-refractivity contribution in [3.8, 4) is 5.88 Å². The number of rotatable bonds is 7. The molecule has 1 atom stereocenters. The summed E-state index contributed by atoms with van der Waals surface area (Å²) in [5.74, 6) is -2.06. The van der Waals surface area contributed by atoms with Crippen LogP contribution in [0.3, 0.4) is 0 Å². The van der Waals surface area contributed by atoms with E-state index in [9.17, 15) is 31.5 Å². The first-order valence-corrected chi connectivity index (χ1v) is 7.43. The van der Waals surface area contributed by atoms with Crippen LogP contribution in [0, 0.1) is 0 Å². The summed E-state index contributed by atoms with van der Waals surface area (Å²) < 4.78 is 65.7. The maximum Gasteiger partial charge on any atom is 0.422 e. The third-order valence-corrected chi connectivity index (χ3v) is 3.86. The van der Waals surface area contributed by atoms with Gasteiger partial charge in [-0.1, -0.05) is 0 Å². The van der Waals surface area contributed by atoms with Gasteiger partial charge >= 0.3 is 12.1 Å². The normalized spacial score (nSPS) is 15.0. The number of hydrogen-bond acceptors (Lipinski definition) is 6. The molecule has 1 heterocycles. The minimum absolute atomic E-state index is 0.432. The molecule has 1 aromatic heterocycles. The number of alkyl halides is 3. The number of pyridine rings is 1. The summed E-state index contributed by atoms with van der Waals surface area (Å²) in [6.45, 7) is -1.49. The maximum absolute atomic E-state index is 12.0. The Morgan fingerprint density at radius 2 is 2.00 bits per heavy atom. The molecule has 1 aromatic rings. The largest absolute Gasteiger partial charge is 0.479 e. The Labute approximate surface area is 129 Å². The van der Waals surface area contributed by atoms with Gasteiger partial charge in [-0.3, -0.25) is 0 Å². The number of nitrogens with zero attached hydrogens (tertiary/aromatic N) is 1. The van der Waals surface area contributed by atoms with Crippen molar-refractivity contribution in [3.05, 3.63) is 18.3 Å². The molecule has 0 aliphatic heterocycles. The SMILES string of the molecule is CC(O)(CNS(=O)(=O)c1ccc(OCC(F)(F)F)nc1)C(=O)O. The molecule has 1 unspecified atom stereocenters. The van der Waals surface area contributed by atoms with E-state index in [4.69, 9.17) is 5.11 Å². The van der Waals surface area contributed by atoms with E-state index in [1.165, 1.54) is 0 Å². The van der Waals surface area contributed by atoms with Crippen molar-refractivity contribution in [3.63, 3.8) is 0 Å². The minimum Gasteiger partial charge on any atom is -0.479 e. The lowest BCUT2D eigenvalue weighted by Gasteiger charge is -2.18. The van der Waals surface area contributed by atoms with Crippen LogP contribution in [0.4, 0.5) is 13.2 Å². The first-order valence-electron chi connectivity index (χ1n) is 5.94. The lowest BCUT2D eigenvalue weighted by atomic mass is 10.1. The zero-order valence-corrected chi connectivity index (χ0v) is 12.5. The van der Waals surface area contributed by atoms with Gasteiger partial charge in [-0.05, 0) is 13.0 Å². The Bertz CT molecular complexity index is 657. The van der Waals surface area contributed by atoms with Crippen LogP contribution in [0.15, 0.2) is 23.2 Å². The van der Waals surface area contributed by atoms with Gasteiger partial charge in [0.15, 0.2) is 12.2 Å². The Morgan fingerprint density at radius 1 is 1.39 bits per heavy atom. The molecular formula is C11H13F3N2O6S. The number of carbonyl (C=O) groups is 1. The number of hydrogen-bond donors (Lipinski definition) is 3. The topological polar surface area (TPSA) is 126 Å². The summed E-state index contributed by atoms with van der Waals surface area (Å²) in [5, 5.41) is 18.1. The summed E-state index contributed by atoms with van der Waals surface area (Å²) in [6.07, 6.45) is -3.82. The standard InChI is InChI=1S/C11H13F3N2O6S/c1-10(19,9(17)18)5-16-23(20,21)7-2-3-8(15-4-7)22-6-11(12,13)14/h2-4,16,19H,5-6H2,1H3,(H,17,18). The van der Waals surface area contributed by atoms with Gasteiger partial charge in [-0.2, -0.15) is 13.2 Å². The van der Waals surface area contributed by atoms with Gasteiger partial charge in [0.25, 0.3) is 0 Å². The molecule has 12 heteroatoms. The Hall–Kier alpha value is -1.92. The summed E-state index contributed by atoms with van der Waals surface area (Å²) >= 11 is 0. The lowest BCUT2D eigenvalue weighted by molar-refractivity contribution is -0.155. The molecule has 130 valence electrons. The van der Waals surface area contributed by atoms with Crippen molar-refractivity contribution in [2.45, 2.75) is 23.6 Å². The predicted octanol–water partition coefficient (Wildman–Crippen LogP) is 0.137.